The molecular formula is C10H12BrClN2O2. The molecule has 1 amide bonds. The van der Waals surface area contributed by atoms with E-state index in [2.05, 4.69) is 26.2 Å². The van der Waals surface area contributed by atoms with E-state index in [0.717, 1.165) is 4.47 Å². The van der Waals surface area contributed by atoms with Gasteiger partial charge in [0.1, 0.15) is 0 Å². The van der Waals surface area contributed by atoms with Crippen LogP contribution in [0.5, 0.6) is 0 Å². The van der Waals surface area contributed by atoms with Gasteiger partial charge < -0.3 is 10.1 Å². The van der Waals surface area contributed by atoms with E-state index in [0.29, 0.717) is 25.1 Å². The number of rotatable bonds is 5. The highest BCUT2D eigenvalue weighted by Crippen LogP contribution is 2.23. The molecule has 0 spiro atoms. The van der Waals surface area contributed by atoms with Crippen molar-refractivity contribution in [2.75, 3.05) is 19.0 Å². The molecule has 6 heteroatoms. The van der Waals surface area contributed by atoms with E-state index in [4.69, 9.17) is 16.3 Å². The number of anilines is 1. The lowest BCUT2D eigenvalue weighted by molar-refractivity contribution is -0.116. The Morgan fingerprint density at radius 3 is 3.12 bits per heavy atom. The van der Waals surface area contributed by atoms with Crippen molar-refractivity contribution in [3.8, 4) is 0 Å². The molecule has 0 radical (unpaired) electrons. The minimum atomic E-state index is -0.0983. The molecule has 1 aromatic heterocycles. The van der Waals surface area contributed by atoms with Crippen LogP contribution in [0.4, 0.5) is 5.69 Å². The Bertz CT molecular complexity index is 374. The molecule has 0 aromatic carbocycles. The van der Waals surface area contributed by atoms with Gasteiger partial charge in [-0.2, -0.15) is 0 Å². The first-order valence-electron chi connectivity index (χ1n) is 4.73. The third kappa shape index (κ3) is 4.47. The monoisotopic (exact) mass is 306 g/mol. The molecule has 0 aliphatic carbocycles. The van der Waals surface area contributed by atoms with Gasteiger partial charge >= 0.3 is 0 Å². The minimum absolute atomic E-state index is 0.0983. The van der Waals surface area contributed by atoms with Gasteiger partial charge in [-0.3, -0.25) is 4.79 Å². The fraction of sp³-hybridized carbons (Fsp3) is 0.400. The number of halogens is 2. The molecule has 4 nitrogen and oxygen atoms in total. The zero-order chi connectivity index (χ0) is 12.0. The summed E-state index contributed by atoms with van der Waals surface area (Å²) < 4.78 is 5.63. The van der Waals surface area contributed by atoms with Gasteiger partial charge in [0, 0.05) is 30.8 Å². The van der Waals surface area contributed by atoms with Crippen molar-refractivity contribution in [1.29, 1.82) is 0 Å². The van der Waals surface area contributed by atoms with Gasteiger partial charge in [-0.15, -0.1) is 0 Å². The fourth-order valence-corrected chi connectivity index (χ4v) is 1.58. The Morgan fingerprint density at radius 1 is 1.69 bits per heavy atom. The number of aromatic nitrogens is 1. The highest BCUT2D eigenvalue weighted by atomic mass is 79.9. The van der Waals surface area contributed by atoms with E-state index in [1.807, 2.05) is 0 Å². The van der Waals surface area contributed by atoms with Crippen molar-refractivity contribution in [2.45, 2.75) is 12.8 Å². The number of hydrogen-bond donors (Lipinski definition) is 1. The van der Waals surface area contributed by atoms with Crippen LogP contribution in [-0.4, -0.2) is 24.6 Å². The number of nitrogens with one attached hydrogen (secondary N) is 1. The molecule has 1 aromatic rings. The Balaban J connectivity index is 2.52. The molecule has 1 N–H and O–H groups in total. The van der Waals surface area contributed by atoms with Gasteiger partial charge in [0.25, 0.3) is 0 Å². The average Bonchev–Trinajstić information content (AvgIpc) is 2.24. The molecule has 0 fully saturated rings. The molecule has 0 atom stereocenters. The number of hydrogen-bond acceptors (Lipinski definition) is 3. The summed E-state index contributed by atoms with van der Waals surface area (Å²) in [6.45, 7) is 0.567. The van der Waals surface area contributed by atoms with Gasteiger partial charge in [0.15, 0.2) is 5.15 Å². The van der Waals surface area contributed by atoms with Gasteiger partial charge in [-0.05, 0) is 28.4 Å². The van der Waals surface area contributed by atoms with E-state index >= 15 is 0 Å². The second-order valence-corrected chi connectivity index (χ2v) is 4.41. The van der Waals surface area contributed by atoms with Gasteiger partial charge in [0.2, 0.25) is 5.91 Å². The summed E-state index contributed by atoms with van der Waals surface area (Å²) in [4.78, 5) is 15.4. The average molecular weight is 308 g/mol. The highest BCUT2D eigenvalue weighted by Gasteiger charge is 2.07. The SMILES string of the molecule is COCCCC(=O)Nc1cc(Br)cnc1Cl. The molecule has 16 heavy (non-hydrogen) atoms. The third-order valence-corrected chi connectivity index (χ3v) is 2.57. The molecule has 0 aliphatic rings. The summed E-state index contributed by atoms with van der Waals surface area (Å²) in [6, 6.07) is 1.71. The largest absolute Gasteiger partial charge is 0.385 e. The molecule has 0 bridgehead atoms. The summed E-state index contributed by atoms with van der Waals surface area (Å²) in [5.74, 6) is -0.0983. The van der Waals surface area contributed by atoms with E-state index in [-0.39, 0.29) is 11.1 Å². The van der Waals surface area contributed by atoms with Crippen LogP contribution in [0.2, 0.25) is 5.15 Å². The lowest BCUT2D eigenvalue weighted by atomic mass is 10.3. The van der Waals surface area contributed by atoms with Crippen molar-refractivity contribution in [1.82, 2.24) is 4.98 Å². The maximum Gasteiger partial charge on any atom is 0.224 e. The van der Waals surface area contributed by atoms with Crippen molar-refractivity contribution in [3.05, 3.63) is 21.9 Å². The normalized spacial score (nSPS) is 10.2. The Kier molecular flexibility index (Phi) is 5.73. The summed E-state index contributed by atoms with van der Waals surface area (Å²) in [7, 11) is 1.60. The minimum Gasteiger partial charge on any atom is -0.385 e. The lowest BCUT2D eigenvalue weighted by Crippen LogP contribution is -2.12. The Morgan fingerprint density at radius 2 is 2.44 bits per heavy atom. The van der Waals surface area contributed by atoms with Crippen LogP contribution in [0, 0.1) is 0 Å². The highest BCUT2D eigenvalue weighted by molar-refractivity contribution is 9.10. The standard InChI is InChI=1S/C10H12BrClN2O2/c1-16-4-2-3-9(15)14-8-5-7(11)6-13-10(8)12/h5-6H,2-4H2,1H3,(H,14,15). The van der Waals surface area contributed by atoms with Crippen LogP contribution < -0.4 is 5.32 Å². The first-order valence-corrected chi connectivity index (χ1v) is 5.90. The smallest absolute Gasteiger partial charge is 0.224 e. The second kappa shape index (κ2) is 6.83. The topological polar surface area (TPSA) is 51.2 Å². The first-order chi connectivity index (χ1) is 7.63. The Labute approximate surface area is 107 Å². The number of methoxy groups -OCH3 is 1. The Hall–Kier alpha value is -0.650. The zero-order valence-corrected chi connectivity index (χ0v) is 11.1. The van der Waals surface area contributed by atoms with E-state index in [1.165, 1.54) is 0 Å². The second-order valence-electron chi connectivity index (χ2n) is 3.14. The van der Waals surface area contributed by atoms with Crippen LogP contribution in [-0.2, 0) is 9.53 Å². The number of nitrogens with zero attached hydrogens (tertiary/aromatic N) is 1. The molecule has 1 heterocycles. The summed E-state index contributed by atoms with van der Waals surface area (Å²) in [6.07, 6.45) is 2.65. The number of carbonyl (C=O) groups is 1. The van der Waals surface area contributed by atoms with Crippen LogP contribution in [0.1, 0.15) is 12.8 Å². The molecule has 88 valence electrons. The zero-order valence-electron chi connectivity index (χ0n) is 8.80. The van der Waals surface area contributed by atoms with Gasteiger partial charge in [-0.1, -0.05) is 11.6 Å². The van der Waals surface area contributed by atoms with Crippen molar-refractivity contribution >= 4 is 39.1 Å². The summed E-state index contributed by atoms with van der Waals surface area (Å²) in [5.41, 5.74) is 0.512. The van der Waals surface area contributed by atoms with Crippen molar-refractivity contribution < 1.29 is 9.53 Å². The molecule has 0 aliphatic heterocycles. The van der Waals surface area contributed by atoms with Gasteiger partial charge in [-0.25, -0.2) is 4.98 Å². The van der Waals surface area contributed by atoms with Gasteiger partial charge in [0.05, 0.1) is 5.69 Å². The first kappa shape index (κ1) is 13.4. The van der Waals surface area contributed by atoms with Crippen LogP contribution >= 0.6 is 27.5 Å². The van der Waals surface area contributed by atoms with E-state index < -0.39 is 0 Å². The van der Waals surface area contributed by atoms with E-state index in [9.17, 15) is 4.79 Å². The number of amides is 1. The predicted molar refractivity (Wildman–Crippen MR) is 66.7 cm³/mol. The summed E-state index contributed by atoms with van der Waals surface area (Å²) in [5, 5.41) is 2.97. The number of carbonyl (C=O) groups excluding carboxylic acids is 1. The van der Waals surface area contributed by atoms with Crippen molar-refractivity contribution in [3.63, 3.8) is 0 Å². The fourth-order valence-electron chi connectivity index (χ4n) is 1.10. The third-order valence-electron chi connectivity index (χ3n) is 1.83. The summed E-state index contributed by atoms with van der Waals surface area (Å²) >= 11 is 9.09. The van der Waals surface area contributed by atoms with Crippen LogP contribution in [0.15, 0.2) is 16.7 Å². The predicted octanol–water partition coefficient (Wildman–Crippen LogP) is 2.86. The molecule has 0 saturated carbocycles. The molecule has 1 rings (SSSR count). The van der Waals surface area contributed by atoms with Crippen LogP contribution in [0.3, 0.4) is 0 Å². The maximum absolute atomic E-state index is 11.5. The van der Waals surface area contributed by atoms with Crippen LogP contribution in [0.25, 0.3) is 0 Å². The lowest BCUT2D eigenvalue weighted by Gasteiger charge is -2.06. The quantitative estimate of drug-likeness (QED) is 0.672. The number of ether oxygens (including phenoxy) is 1. The van der Waals surface area contributed by atoms with Crippen molar-refractivity contribution in [2.24, 2.45) is 0 Å². The molecule has 0 unspecified atom stereocenters. The maximum atomic E-state index is 11.5. The molecule has 0 saturated heterocycles. The molecular weight excluding hydrogens is 295 g/mol. The number of pyridine rings is 1. The van der Waals surface area contributed by atoms with E-state index in [1.54, 1.807) is 19.4 Å².